The van der Waals surface area contributed by atoms with Crippen molar-refractivity contribution in [1.29, 1.82) is 0 Å². The average molecular weight is 390 g/mol. The summed E-state index contributed by atoms with van der Waals surface area (Å²) in [6.45, 7) is 1.05. The Morgan fingerprint density at radius 1 is 1.17 bits per heavy atom. The van der Waals surface area contributed by atoms with Gasteiger partial charge in [-0.2, -0.15) is 0 Å². The zero-order valence-electron chi connectivity index (χ0n) is 13.0. The van der Waals surface area contributed by atoms with E-state index in [9.17, 15) is 4.79 Å². The smallest absolute Gasteiger partial charge is 0.248 e. The highest BCUT2D eigenvalue weighted by Crippen LogP contribution is 2.32. The van der Waals surface area contributed by atoms with Crippen LogP contribution >= 0.6 is 15.9 Å². The van der Waals surface area contributed by atoms with E-state index in [1.165, 1.54) is 6.08 Å². The Kier molecular flexibility index (Phi) is 5.05. The lowest BCUT2D eigenvalue weighted by Gasteiger charge is -2.18. The van der Waals surface area contributed by atoms with Crippen LogP contribution in [-0.4, -0.2) is 26.2 Å². The van der Waals surface area contributed by atoms with Gasteiger partial charge in [-0.1, -0.05) is 6.07 Å². The van der Waals surface area contributed by atoms with E-state index in [0.29, 0.717) is 30.4 Å². The number of rotatable bonds is 4. The third-order valence-corrected chi connectivity index (χ3v) is 4.03. The van der Waals surface area contributed by atoms with Crippen LogP contribution in [-0.2, 0) is 4.79 Å². The van der Waals surface area contributed by atoms with Gasteiger partial charge in [-0.25, -0.2) is 0 Å². The summed E-state index contributed by atoms with van der Waals surface area (Å²) in [5.74, 6) is 1.85. The fourth-order valence-corrected chi connectivity index (χ4v) is 2.82. The quantitative estimate of drug-likeness (QED) is 0.806. The molecule has 5 nitrogen and oxygen atoms in total. The molecule has 1 aliphatic heterocycles. The van der Waals surface area contributed by atoms with Gasteiger partial charge in [0.15, 0.2) is 11.5 Å². The summed E-state index contributed by atoms with van der Waals surface area (Å²) in [4.78, 5) is 12.1. The van der Waals surface area contributed by atoms with Crippen LogP contribution in [0, 0.1) is 0 Å². The van der Waals surface area contributed by atoms with Gasteiger partial charge in [0.1, 0.15) is 19.0 Å². The van der Waals surface area contributed by atoms with E-state index < -0.39 is 0 Å². The SMILES string of the molecule is COc1ccc(/C=C/C(=O)Nc2ccc3c(c2)OCCO3)cc1Br. The molecule has 0 aromatic heterocycles. The minimum Gasteiger partial charge on any atom is -0.496 e. The Labute approximate surface area is 148 Å². The molecule has 0 saturated heterocycles. The Bertz CT molecular complexity index is 789. The number of halogens is 1. The van der Waals surface area contributed by atoms with E-state index >= 15 is 0 Å². The molecule has 1 N–H and O–H groups in total. The maximum atomic E-state index is 12.1. The van der Waals surface area contributed by atoms with Crippen molar-refractivity contribution in [3.8, 4) is 17.2 Å². The molecule has 0 spiro atoms. The highest BCUT2D eigenvalue weighted by molar-refractivity contribution is 9.10. The standard InChI is InChI=1S/C18H16BrNO4/c1-22-15-5-2-12(10-14(15)19)3-7-18(21)20-13-4-6-16-17(11-13)24-9-8-23-16/h2-7,10-11H,8-9H2,1H3,(H,20,21)/b7-3+. The topological polar surface area (TPSA) is 56.8 Å². The number of nitrogens with one attached hydrogen (secondary N) is 1. The van der Waals surface area contributed by atoms with Gasteiger partial charge in [-0.3, -0.25) is 4.79 Å². The molecule has 0 fully saturated rings. The van der Waals surface area contributed by atoms with Crippen LogP contribution in [0.4, 0.5) is 5.69 Å². The summed E-state index contributed by atoms with van der Waals surface area (Å²) >= 11 is 3.42. The van der Waals surface area contributed by atoms with Crippen LogP contribution in [0.3, 0.4) is 0 Å². The van der Waals surface area contributed by atoms with Crippen LogP contribution < -0.4 is 19.5 Å². The van der Waals surface area contributed by atoms with Crippen molar-refractivity contribution in [2.75, 3.05) is 25.6 Å². The molecule has 1 aliphatic rings. The zero-order chi connectivity index (χ0) is 16.9. The molecule has 0 bridgehead atoms. The van der Waals surface area contributed by atoms with Crippen molar-refractivity contribution in [3.05, 3.63) is 52.5 Å². The molecule has 1 heterocycles. The van der Waals surface area contributed by atoms with E-state index in [1.54, 1.807) is 31.4 Å². The van der Waals surface area contributed by atoms with Gasteiger partial charge in [0.05, 0.1) is 11.6 Å². The summed E-state index contributed by atoms with van der Waals surface area (Å²) in [5, 5.41) is 2.80. The molecule has 0 saturated carbocycles. The molecule has 0 radical (unpaired) electrons. The summed E-state index contributed by atoms with van der Waals surface area (Å²) in [6.07, 6.45) is 3.21. The molecular weight excluding hydrogens is 374 g/mol. The van der Waals surface area contributed by atoms with Crippen LogP contribution in [0.25, 0.3) is 6.08 Å². The summed E-state index contributed by atoms with van der Waals surface area (Å²) in [7, 11) is 1.61. The normalized spacial score (nSPS) is 12.9. The molecule has 2 aromatic rings. The highest BCUT2D eigenvalue weighted by atomic mass is 79.9. The minimum absolute atomic E-state index is 0.224. The first-order valence-corrected chi connectivity index (χ1v) is 8.17. The first-order chi connectivity index (χ1) is 11.7. The molecule has 1 amide bonds. The minimum atomic E-state index is -0.224. The third kappa shape index (κ3) is 3.89. The van der Waals surface area contributed by atoms with Crippen molar-refractivity contribution in [3.63, 3.8) is 0 Å². The van der Waals surface area contributed by atoms with Gasteiger partial charge >= 0.3 is 0 Å². The molecule has 6 heteroatoms. The van der Waals surface area contributed by atoms with E-state index in [2.05, 4.69) is 21.2 Å². The van der Waals surface area contributed by atoms with Crippen LogP contribution in [0.2, 0.25) is 0 Å². The molecule has 0 unspecified atom stereocenters. The Balaban J connectivity index is 1.66. The highest BCUT2D eigenvalue weighted by Gasteiger charge is 2.12. The number of benzene rings is 2. The molecule has 24 heavy (non-hydrogen) atoms. The van der Waals surface area contributed by atoms with E-state index in [0.717, 1.165) is 15.8 Å². The molecule has 3 rings (SSSR count). The van der Waals surface area contributed by atoms with E-state index in [1.807, 2.05) is 18.2 Å². The molecular formula is C18H16BrNO4. The van der Waals surface area contributed by atoms with Crippen molar-refractivity contribution in [2.45, 2.75) is 0 Å². The summed E-state index contributed by atoms with van der Waals surface area (Å²) in [6, 6.07) is 10.9. The monoisotopic (exact) mass is 389 g/mol. The number of ether oxygens (including phenoxy) is 3. The maximum Gasteiger partial charge on any atom is 0.248 e. The third-order valence-electron chi connectivity index (χ3n) is 3.41. The predicted molar refractivity (Wildman–Crippen MR) is 95.8 cm³/mol. The Hall–Kier alpha value is -2.47. The van der Waals surface area contributed by atoms with Crippen molar-refractivity contribution >= 4 is 33.6 Å². The fraction of sp³-hybridized carbons (Fsp3) is 0.167. The lowest BCUT2D eigenvalue weighted by atomic mass is 10.2. The number of carbonyl (C=O) groups is 1. The van der Waals surface area contributed by atoms with Gasteiger partial charge in [0, 0.05) is 17.8 Å². The second-order valence-electron chi connectivity index (χ2n) is 5.08. The summed E-state index contributed by atoms with van der Waals surface area (Å²) < 4.78 is 17.0. The fourth-order valence-electron chi connectivity index (χ4n) is 2.26. The van der Waals surface area contributed by atoms with Crippen molar-refractivity contribution in [2.24, 2.45) is 0 Å². The number of fused-ring (bicyclic) bond motifs is 1. The second kappa shape index (κ2) is 7.40. The Morgan fingerprint density at radius 3 is 2.71 bits per heavy atom. The number of carbonyl (C=O) groups excluding carboxylic acids is 1. The number of anilines is 1. The lowest BCUT2D eigenvalue weighted by Crippen LogP contribution is -2.16. The average Bonchev–Trinajstić information content (AvgIpc) is 2.60. The van der Waals surface area contributed by atoms with Gasteiger partial charge in [-0.05, 0) is 51.8 Å². The maximum absolute atomic E-state index is 12.1. The molecule has 2 aromatic carbocycles. The number of methoxy groups -OCH3 is 1. The van der Waals surface area contributed by atoms with Crippen molar-refractivity contribution in [1.82, 2.24) is 0 Å². The van der Waals surface area contributed by atoms with E-state index in [-0.39, 0.29) is 5.91 Å². The number of hydrogen-bond acceptors (Lipinski definition) is 4. The lowest BCUT2D eigenvalue weighted by molar-refractivity contribution is -0.111. The first kappa shape index (κ1) is 16.4. The van der Waals surface area contributed by atoms with Crippen LogP contribution in [0.5, 0.6) is 17.2 Å². The molecule has 0 atom stereocenters. The van der Waals surface area contributed by atoms with Gasteiger partial charge in [-0.15, -0.1) is 0 Å². The zero-order valence-corrected chi connectivity index (χ0v) is 14.6. The summed E-state index contributed by atoms with van der Waals surface area (Å²) in [5.41, 5.74) is 1.55. The van der Waals surface area contributed by atoms with Crippen LogP contribution in [0.15, 0.2) is 46.9 Å². The largest absolute Gasteiger partial charge is 0.496 e. The van der Waals surface area contributed by atoms with Gasteiger partial charge in [0.2, 0.25) is 5.91 Å². The van der Waals surface area contributed by atoms with Gasteiger partial charge in [0.25, 0.3) is 0 Å². The van der Waals surface area contributed by atoms with Crippen molar-refractivity contribution < 1.29 is 19.0 Å². The molecule has 0 aliphatic carbocycles. The van der Waals surface area contributed by atoms with E-state index in [4.69, 9.17) is 14.2 Å². The second-order valence-corrected chi connectivity index (χ2v) is 5.93. The predicted octanol–water partition coefficient (Wildman–Crippen LogP) is 3.88. The number of hydrogen-bond donors (Lipinski definition) is 1. The van der Waals surface area contributed by atoms with Gasteiger partial charge < -0.3 is 19.5 Å². The number of amides is 1. The first-order valence-electron chi connectivity index (χ1n) is 7.38. The Morgan fingerprint density at radius 2 is 1.96 bits per heavy atom. The molecule has 124 valence electrons. The van der Waals surface area contributed by atoms with Crippen LogP contribution in [0.1, 0.15) is 5.56 Å².